The second-order valence-electron chi connectivity index (χ2n) is 8.33. The first-order chi connectivity index (χ1) is 16.4. The number of hydrogen-bond donors (Lipinski definition) is 3. The molecule has 7 nitrogen and oxygen atoms in total. The summed E-state index contributed by atoms with van der Waals surface area (Å²) in [4.78, 5) is 35.3. The highest BCUT2D eigenvalue weighted by Gasteiger charge is 2.28. The largest absolute Gasteiger partial charge is 0.481 e. The van der Waals surface area contributed by atoms with Crippen LogP contribution in [0.25, 0.3) is 11.1 Å². The molecule has 0 heterocycles. The zero-order valence-corrected chi connectivity index (χ0v) is 18.8. The summed E-state index contributed by atoms with van der Waals surface area (Å²) in [5.74, 6) is -1.97. The fourth-order valence-electron chi connectivity index (χ4n) is 4.03. The first kappa shape index (κ1) is 23.0. The summed E-state index contributed by atoms with van der Waals surface area (Å²) in [5, 5.41) is 14.2. The Bertz CT molecular complexity index is 1160. The molecule has 34 heavy (non-hydrogen) atoms. The van der Waals surface area contributed by atoms with Crippen LogP contribution in [0.4, 0.5) is 4.79 Å². The second kappa shape index (κ2) is 10.2. The maximum Gasteiger partial charge on any atom is 0.407 e. The van der Waals surface area contributed by atoms with Crippen LogP contribution in [0.1, 0.15) is 39.9 Å². The van der Waals surface area contributed by atoms with E-state index in [9.17, 15) is 14.4 Å². The van der Waals surface area contributed by atoms with E-state index in [0.717, 1.165) is 16.7 Å². The molecule has 3 N–H and O–H groups in total. The first-order valence-corrected chi connectivity index (χ1v) is 11.1. The molecular formula is C27H26N2O5. The summed E-state index contributed by atoms with van der Waals surface area (Å²) in [6, 6.07) is 23.1. The third kappa shape index (κ3) is 5.09. The molecule has 0 aromatic heterocycles. The predicted octanol–water partition coefficient (Wildman–Crippen LogP) is 4.18. The number of hydrogen-bond acceptors (Lipinski definition) is 4. The minimum Gasteiger partial charge on any atom is -0.481 e. The molecule has 174 valence electrons. The summed E-state index contributed by atoms with van der Waals surface area (Å²) in [5.41, 5.74) is 5.89. The lowest BCUT2D eigenvalue weighted by molar-refractivity contribution is -0.140. The fourth-order valence-corrected chi connectivity index (χ4v) is 4.03. The standard InChI is InChI=1S/C27H26N2O5/c1-17(26(31)32)14-28-25(30)19-12-10-18(11-13-19)15-29-27(33)34-16-24-22-8-4-2-6-20(22)21-7-3-5-9-23(21)24/h2-13,17,24H,14-16H2,1H3,(H,28,30)(H,29,33)(H,31,32). The Morgan fingerprint density at radius 2 is 1.47 bits per heavy atom. The highest BCUT2D eigenvalue weighted by Crippen LogP contribution is 2.44. The molecule has 2 amide bonds. The van der Waals surface area contributed by atoms with Crippen molar-refractivity contribution in [1.29, 1.82) is 0 Å². The zero-order chi connectivity index (χ0) is 24.1. The molecule has 0 fully saturated rings. The SMILES string of the molecule is CC(CNC(=O)c1ccc(CNC(=O)OCC2c3ccccc3-c3ccccc32)cc1)C(=O)O. The summed E-state index contributed by atoms with van der Waals surface area (Å²) in [6.45, 7) is 2.09. The van der Waals surface area contributed by atoms with E-state index < -0.39 is 18.0 Å². The number of rotatable bonds is 8. The van der Waals surface area contributed by atoms with Crippen LogP contribution in [0.2, 0.25) is 0 Å². The summed E-state index contributed by atoms with van der Waals surface area (Å²) < 4.78 is 5.53. The number of carbonyl (C=O) groups is 3. The van der Waals surface area contributed by atoms with Crippen LogP contribution in [0, 0.1) is 5.92 Å². The van der Waals surface area contributed by atoms with Gasteiger partial charge in [-0.25, -0.2) is 4.79 Å². The maximum absolute atomic E-state index is 12.3. The molecule has 0 aliphatic heterocycles. The first-order valence-electron chi connectivity index (χ1n) is 11.1. The molecule has 7 heteroatoms. The van der Waals surface area contributed by atoms with Gasteiger partial charge in [0.25, 0.3) is 5.91 Å². The van der Waals surface area contributed by atoms with Crippen molar-refractivity contribution in [3.63, 3.8) is 0 Å². The number of carbonyl (C=O) groups excluding carboxylic acids is 2. The molecule has 0 saturated heterocycles. The van der Waals surface area contributed by atoms with Gasteiger partial charge in [-0.05, 0) is 39.9 Å². The van der Waals surface area contributed by atoms with Crippen molar-refractivity contribution in [3.05, 3.63) is 95.1 Å². The van der Waals surface area contributed by atoms with Crippen LogP contribution in [0.3, 0.4) is 0 Å². The molecule has 0 saturated carbocycles. The van der Waals surface area contributed by atoms with Gasteiger partial charge in [0.15, 0.2) is 0 Å². The van der Waals surface area contributed by atoms with E-state index in [4.69, 9.17) is 9.84 Å². The molecule has 1 aliphatic carbocycles. The summed E-state index contributed by atoms with van der Waals surface area (Å²) in [6.07, 6.45) is -0.508. The van der Waals surface area contributed by atoms with Crippen LogP contribution in [-0.4, -0.2) is 36.2 Å². The van der Waals surface area contributed by atoms with Crippen molar-refractivity contribution < 1.29 is 24.2 Å². The van der Waals surface area contributed by atoms with Gasteiger partial charge in [-0.3, -0.25) is 9.59 Å². The van der Waals surface area contributed by atoms with Crippen molar-refractivity contribution in [2.45, 2.75) is 19.4 Å². The summed E-state index contributed by atoms with van der Waals surface area (Å²) in [7, 11) is 0. The number of nitrogens with one attached hydrogen (secondary N) is 2. The van der Waals surface area contributed by atoms with Crippen molar-refractivity contribution in [3.8, 4) is 11.1 Å². The summed E-state index contributed by atoms with van der Waals surface area (Å²) >= 11 is 0. The Balaban J connectivity index is 1.28. The van der Waals surface area contributed by atoms with Crippen LogP contribution < -0.4 is 10.6 Å². The lowest BCUT2D eigenvalue weighted by Gasteiger charge is -2.14. The molecule has 0 bridgehead atoms. The van der Waals surface area contributed by atoms with E-state index in [2.05, 4.69) is 34.9 Å². The molecule has 1 unspecified atom stereocenters. The maximum atomic E-state index is 12.3. The van der Waals surface area contributed by atoms with E-state index in [-0.39, 0.29) is 31.5 Å². The van der Waals surface area contributed by atoms with E-state index in [1.165, 1.54) is 18.1 Å². The van der Waals surface area contributed by atoms with Gasteiger partial charge in [0.1, 0.15) is 6.61 Å². The van der Waals surface area contributed by atoms with Crippen LogP contribution >= 0.6 is 0 Å². The number of carboxylic acids is 1. The quantitative estimate of drug-likeness (QED) is 0.470. The van der Waals surface area contributed by atoms with Gasteiger partial charge in [-0.2, -0.15) is 0 Å². The van der Waals surface area contributed by atoms with E-state index >= 15 is 0 Å². The second-order valence-corrected chi connectivity index (χ2v) is 8.33. The lowest BCUT2D eigenvalue weighted by atomic mass is 9.98. The Morgan fingerprint density at radius 1 is 0.882 bits per heavy atom. The molecule has 1 aliphatic rings. The van der Waals surface area contributed by atoms with Gasteiger partial charge in [-0.1, -0.05) is 67.6 Å². The average molecular weight is 459 g/mol. The third-order valence-electron chi connectivity index (χ3n) is 5.99. The molecule has 3 aromatic rings. The zero-order valence-electron chi connectivity index (χ0n) is 18.8. The number of benzene rings is 3. The van der Waals surface area contributed by atoms with Crippen molar-refractivity contribution in [2.24, 2.45) is 5.92 Å². The highest BCUT2D eigenvalue weighted by atomic mass is 16.5. The highest BCUT2D eigenvalue weighted by molar-refractivity contribution is 5.94. The normalized spacial score (nSPS) is 12.9. The van der Waals surface area contributed by atoms with Gasteiger partial charge in [0, 0.05) is 24.6 Å². The van der Waals surface area contributed by atoms with Crippen molar-refractivity contribution >= 4 is 18.0 Å². The van der Waals surface area contributed by atoms with Gasteiger partial charge in [0.2, 0.25) is 0 Å². The van der Waals surface area contributed by atoms with E-state index in [0.29, 0.717) is 5.56 Å². The van der Waals surface area contributed by atoms with Gasteiger partial charge >= 0.3 is 12.1 Å². The Hall–Kier alpha value is -4.13. The number of fused-ring (bicyclic) bond motifs is 3. The predicted molar refractivity (Wildman–Crippen MR) is 127 cm³/mol. The molecular weight excluding hydrogens is 432 g/mol. The molecule has 0 radical (unpaired) electrons. The Labute approximate surface area is 197 Å². The van der Waals surface area contributed by atoms with E-state index in [1.807, 2.05) is 24.3 Å². The lowest BCUT2D eigenvalue weighted by Crippen LogP contribution is -2.31. The minimum atomic E-state index is -0.963. The number of aliphatic carboxylic acids is 1. The number of ether oxygens (including phenoxy) is 1. The Kier molecular flexibility index (Phi) is 6.92. The molecule has 0 spiro atoms. The van der Waals surface area contributed by atoms with Crippen LogP contribution in [0.15, 0.2) is 72.8 Å². The van der Waals surface area contributed by atoms with Crippen LogP contribution in [-0.2, 0) is 16.1 Å². The Morgan fingerprint density at radius 3 is 2.06 bits per heavy atom. The molecule has 4 rings (SSSR count). The monoisotopic (exact) mass is 458 g/mol. The third-order valence-corrected chi connectivity index (χ3v) is 5.99. The van der Waals surface area contributed by atoms with E-state index in [1.54, 1.807) is 24.3 Å². The fraction of sp³-hybridized carbons (Fsp3) is 0.222. The number of alkyl carbamates (subject to hydrolysis) is 1. The molecule has 3 aromatic carbocycles. The van der Waals surface area contributed by atoms with Crippen LogP contribution in [0.5, 0.6) is 0 Å². The van der Waals surface area contributed by atoms with Gasteiger partial charge in [0.05, 0.1) is 5.92 Å². The average Bonchev–Trinajstić information content (AvgIpc) is 3.18. The topological polar surface area (TPSA) is 105 Å². The van der Waals surface area contributed by atoms with Gasteiger partial charge in [-0.15, -0.1) is 0 Å². The smallest absolute Gasteiger partial charge is 0.407 e. The number of amides is 2. The van der Waals surface area contributed by atoms with Crippen molar-refractivity contribution in [2.75, 3.05) is 13.2 Å². The van der Waals surface area contributed by atoms with Crippen molar-refractivity contribution in [1.82, 2.24) is 10.6 Å². The van der Waals surface area contributed by atoms with Gasteiger partial charge < -0.3 is 20.5 Å². The number of carboxylic acid groups (broad SMARTS) is 1. The minimum absolute atomic E-state index is 0.000193. The molecule has 1 atom stereocenters.